The predicted octanol–water partition coefficient (Wildman–Crippen LogP) is 1.74. The molecule has 6 heteroatoms. The van der Waals surface area contributed by atoms with Crippen LogP contribution >= 0.6 is 0 Å². The number of anilines is 1. The minimum atomic E-state index is -0.490. The van der Waals surface area contributed by atoms with Crippen molar-refractivity contribution < 1.29 is 14.3 Å². The monoisotopic (exact) mass is 267 g/mol. The molecule has 1 N–H and O–H groups in total. The van der Waals surface area contributed by atoms with Crippen molar-refractivity contribution in [2.75, 3.05) is 32.2 Å². The minimum absolute atomic E-state index is 0.196. The normalized spacial score (nSPS) is 10.5. The van der Waals surface area contributed by atoms with Crippen molar-refractivity contribution in [3.8, 4) is 0 Å². The molecular weight excluding hydrogens is 246 g/mol. The molecule has 106 valence electrons. The van der Waals surface area contributed by atoms with Gasteiger partial charge in [0.05, 0.1) is 13.7 Å². The highest BCUT2D eigenvalue weighted by molar-refractivity contribution is 5.86. The molecule has 0 spiro atoms. The van der Waals surface area contributed by atoms with Crippen LogP contribution in [0.2, 0.25) is 0 Å². The number of carbonyl (C=O) groups excluding carboxylic acids is 1. The van der Waals surface area contributed by atoms with Gasteiger partial charge in [-0.1, -0.05) is 13.8 Å². The Kier molecular flexibility index (Phi) is 6.81. The van der Waals surface area contributed by atoms with Gasteiger partial charge in [-0.15, -0.1) is 10.2 Å². The van der Waals surface area contributed by atoms with E-state index in [0.717, 1.165) is 13.0 Å². The van der Waals surface area contributed by atoms with Crippen molar-refractivity contribution in [3.05, 3.63) is 17.8 Å². The molecule has 0 fully saturated rings. The maximum absolute atomic E-state index is 11.1. The van der Waals surface area contributed by atoms with Crippen LogP contribution in [-0.4, -0.2) is 43.0 Å². The lowest BCUT2D eigenvalue weighted by atomic mass is 10.1. The summed E-state index contributed by atoms with van der Waals surface area (Å²) in [5, 5.41) is 10.7. The van der Waals surface area contributed by atoms with E-state index in [2.05, 4.69) is 34.1 Å². The lowest BCUT2D eigenvalue weighted by Gasteiger charge is -2.07. The van der Waals surface area contributed by atoms with Crippen molar-refractivity contribution in [1.29, 1.82) is 0 Å². The zero-order chi connectivity index (χ0) is 14.1. The first kappa shape index (κ1) is 15.4. The summed E-state index contributed by atoms with van der Waals surface area (Å²) >= 11 is 0. The van der Waals surface area contributed by atoms with Crippen LogP contribution in [0.3, 0.4) is 0 Å². The Morgan fingerprint density at radius 1 is 1.32 bits per heavy atom. The van der Waals surface area contributed by atoms with E-state index in [4.69, 9.17) is 4.74 Å². The molecule has 0 unspecified atom stereocenters. The van der Waals surface area contributed by atoms with Gasteiger partial charge in [0.25, 0.3) is 0 Å². The van der Waals surface area contributed by atoms with Crippen molar-refractivity contribution in [2.45, 2.75) is 20.3 Å². The smallest absolute Gasteiger partial charge is 0.358 e. The van der Waals surface area contributed by atoms with Crippen LogP contribution in [0.25, 0.3) is 0 Å². The average Bonchev–Trinajstić information content (AvgIpc) is 2.42. The Labute approximate surface area is 113 Å². The molecule has 0 aliphatic heterocycles. The van der Waals surface area contributed by atoms with Crippen molar-refractivity contribution in [3.63, 3.8) is 0 Å². The molecule has 0 bridgehead atoms. The highest BCUT2D eigenvalue weighted by atomic mass is 16.5. The van der Waals surface area contributed by atoms with Gasteiger partial charge < -0.3 is 14.8 Å². The second-order valence-corrected chi connectivity index (χ2v) is 4.52. The van der Waals surface area contributed by atoms with Crippen LogP contribution in [0.15, 0.2) is 12.1 Å². The molecule has 0 saturated carbocycles. The minimum Gasteiger partial charge on any atom is -0.464 e. The van der Waals surface area contributed by atoms with Gasteiger partial charge in [-0.2, -0.15) is 0 Å². The van der Waals surface area contributed by atoms with E-state index in [1.807, 2.05) is 0 Å². The number of hydrogen-bond donors (Lipinski definition) is 1. The Balaban J connectivity index is 2.21. The van der Waals surface area contributed by atoms with E-state index in [1.54, 1.807) is 12.1 Å². The summed E-state index contributed by atoms with van der Waals surface area (Å²) in [4.78, 5) is 11.1. The molecule has 0 atom stereocenters. The number of rotatable bonds is 8. The lowest BCUT2D eigenvalue weighted by molar-refractivity contribution is 0.0592. The van der Waals surface area contributed by atoms with E-state index in [1.165, 1.54) is 7.11 Å². The van der Waals surface area contributed by atoms with Gasteiger partial charge in [0.15, 0.2) is 5.69 Å². The van der Waals surface area contributed by atoms with Gasteiger partial charge in [0, 0.05) is 13.2 Å². The Morgan fingerprint density at radius 3 is 2.68 bits per heavy atom. The number of carbonyl (C=O) groups is 1. The zero-order valence-corrected chi connectivity index (χ0v) is 11.7. The fraction of sp³-hybridized carbons (Fsp3) is 0.615. The van der Waals surface area contributed by atoms with Crippen molar-refractivity contribution in [1.82, 2.24) is 10.2 Å². The van der Waals surface area contributed by atoms with E-state index >= 15 is 0 Å². The van der Waals surface area contributed by atoms with E-state index in [9.17, 15) is 4.79 Å². The highest BCUT2D eigenvalue weighted by Crippen LogP contribution is 2.03. The number of ether oxygens (including phenoxy) is 2. The maximum atomic E-state index is 11.1. The largest absolute Gasteiger partial charge is 0.464 e. The average molecular weight is 267 g/mol. The van der Waals surface area contributed by atoms with Crippen LogP contribution in [-0.2, 0) is 9.47 Å². The summed E-state index contributed by atoms with van der Waals surface area (Å²) in [5.41, 5.74) is 0.196. The van der Waals surface area contributed by atoms with E-state index < -0.39 is 5.97 Å². The summed E-state index contributed by atoms with van der Waals surface area (Å²) in [7, 11) is 1.31. The first-order chi connectivity index (χ1) is 9.13. The van der Waals surface area contributed by atoms with Crippen molar-refractivity contribution in [2.24, 2.45) is 5.92 Å². The molecule has 0 radical (unpaired) electrons. The van der Waals surface area contributed by atoms with E-state index in [-0.39, 0.29) is 5.69 Å². The zero-order valence-electron chi connectivity index (χ0n) is 11.7. The number of methoxy groups -OCH3 is 1. The summed E-state index contributed by atoms with van der Waals surface area (Å²) in [6.45, 7) is 6.38. The second kappa shape index (κ2) is 8.42. The Hall–Kier alpha value is -1.69. The first-order valence-corrected chi connectivity index (χ1v) is 6.37. The summed E-state index contributed by atoms with van der Waals surface area (Å²) < 4.78 is 10.00. The van der Waals surface area contributed by atoms with Gasteiger partial charge in [-0.25, -0.2) is 4.79 Å². The summed E-state index contributed by atoms with van der Waals surface area (Å²) in [6, 6.07) is 3.26. The molecule has 1 heterocycles. The third kappa shape index (κ3) is 6.15. The predicted molar refractivity (Wildman–Crippen MR) is 72.1 cm³/mol. The third-order valence-corrected chi connectivity index (χ3v) is 2.45. The van der Waals surface area contributed by atoms with Gasteiger partial charge in [0.1, 0.15) is 5.82 Å². The SMILES string of the molecule is COC(=O)c1ccc(NCCOCCC(C)C)nn1. The topological polar surface area (TPSA) is 73.3 Å². The molecule has 0 aliphatic rings. The Morgan fingerprint density at radius 2 is 2.11 bits per heavy atom. The standard InChI is InChI=1S/C13H21N3O3/c1-10(2)6-8-19-9-7-14-12-5-4-11(15-16-12)13(17)18-3/h4-5,10H,6-9H2,1-3H3,(H,14,16). The van der Waals surface area contributed by atoms with Crippen LogP contribution < -0.4 is 5.32 Å². The van der Waals surface area contributed by atoms with Gasteiger partial charge in [0.2, 0.25) is 0 Å². The number of nitrogens with one attached hydrogen (secondary N) is 1. The van der Waals surface area contributed by atoms with E-state index in [0.29, 0.717) is 24.9 Å². The van der Waals surface area contributed by atoms with Gasteiger partial charge >= 0.3 is 5.97 Å². The fourth-order valence-corrected chi connectivity index (χ4v) is 1.31. The second-order valence-electron chi connectivity index (χ2n) is 4.52. The quantitative estimate of drug-likeness (QED) is 0.571. The molecule has 0 aromatic carbocycles. The van der Waals surface area contributed by atoms with Crippen molar-refractivity contribution >= 4 is 11.8 Å². The number of esters is 1. The lowest BCUT2D eigenvalue weighted by Crippen LogP contribution is -2.13. The molecule has 0 amide bonds. The number of aromatic nitrogens is 2. The molecule has 1 aromatic rings. The molecular formula is C13H21N3O3. The summed E-state index contributed by atoms with van der Waals surface area (Å²) in [6.07, 6.45) is 1.06. The maximum Gasteiger partial charge on any atom is 0.358 e. The Bertz CT molecular complexity index is 379. The molecule has 0 saturated heterocycles. The number of hydrogen-bond acceptors (Lipinski definition) is 6. The fourth-order valence-electron chi connectivity index (χ4n) is 1.31. The first-order valence-electron chi connectivity index (χ1n) is 6.37. The highest BCUT2D eigenvalue weighted by Gasteiger charge is 2.07. The molecule has 0 aliphatic carbocycles. The van der Waals surface area contributed by atoms with Crippen LogP contribution in [0, 0.1) is 5.92 Å². The third-order valence-electron chi connectivity index (χ3n) is 2.45. The molecule has 6 nitrogen and oxygen atoms in total. The van der Waals surface area contributed by atoms with Gasteiger partial charge in [-0.05, 0) is 24.5 Å². The summed E-state index contributed by atoms with van der Waals surface area (Å²) in [5.74, 6) is 0.779. The van der Waals surface area contributed by atoms with Crippen LogP contribution in [0.5, 0.6) is 0 Å². The van der Waals surface area contributed by atoms with Crippen LogP contribution in [0.4, 0.5) is 5.82 Å². The van der Waals surface area contributed by atoms with Gasteiger partial charge in [-0.3, -0.25) is 0 Å². The van der Waals surface area contributed by atoms with Crippen LogP contribution in [0.1, 0.15) is 30.8 Å². The molecule has 1 rings (SSSR count). The molecule has 1 aromatic heterocycles. The number of nitrogens with zero attached hydrogens (tertiary/aromatic N) is 2. The molecule has 19 heavy (non-hydrogen) atoms.